The fraction of sp³-hybridized carbons (Fsp3) is 0.444. The van der Waals surface area contributed by atoms with Crippen LogP contribution in [0, 0.1) is 6.92 Å². The first-order chi connectivity index (χ1) is 11.2. The van der Waals surface area contributed by atoms with Crippen molar-refractivity contribution in [1.29, 1.82) is 0 Å². The van der Waals surface area contributed by atoms with Gasteiger partial charge in [0.1, 0.15) is 5.82 Å². The molecule has 3 rings (SSSR count). The number of nitrogens with one attached hydrogen (secondary N) is 2. The minimum Gasteiger partial charge on any atom is -0.338 e. The maximum absolute atomic E-state index is 12.0. The number of nitrogens with zero attached hydrogens (tertiary/aromatic N) is 2. The average Bonchev–Trinajstić information content (AvgIpc) is 3.12. The van der Waals surface area contributed by atoms with Crippen molar-refractivity contribution in [3.63, 3.8) is 0 Å². The van der Waals surface area contributed by atoms with Gasteiger partial charge in [-0.15, -0.1) is 0 Å². The standard InChI is InChI=1S/C18H24N4O/c1-14-19-9-11-22(14)10-5-4-8-20-18(23)21-17-12-15-6-2-3-7-16(15)13-17/h2-3,6-7,9,11,17H,4-5,8,10,12-13H2,1H3,(H2,20,21,23). The molecule has 1 aliphatic rings. The van der Waals surface area contributed by atoms with E-state index in [1.807, 2.05) is 19.3 Å². The highest BCUT2D eigenvalue weighted by Gasteiger charge is 2.21. The summed E-state index contributed by atoms with van der Waals surface area (Å²) in [6.45, 7) is 3.66. The molecular formula is C18H24N4O. The Kier molecular flexibility index (Phi) is 4.95. The predicted molar refractivity (Wildman–Crippen MR) is 90.4 cm³/mol. The molecular weight excluding hydrogens is 288 g/mol. The van der Waals surface area contributed by atoms with E-state index in [2.05, 4.69) is 44.5 Å². The lowest BCUT2D eigenvalue weighted by Crippen LogP contribution is -2.42. The number of rotatable bonds is 6. The molecule has 5 nitrogen and oxygen atoms in total. The Morgan fingerprint density at radius 2 is 2.00 bits per heavy atom. The van der Waals surface area contributed by atoms with E-state index in [1.54, 1.807) is 0 Å². The Bertz CT molecular complexity index is 640. The Morgan fingerprint density at radius 3 is 2.65 bits per heavy atom. The summed E-state index contributed by atoms with van der Waals surface area (Å²) in [5.74, 6) is 1.04. The lowest BCUT2D eigenvalue weighted by Gasteiger charge is -2.13. The summed E-state index contributed by atoms with van der Waals surface area (Å²) in [4.78, 5) is 16.2. The van der Waals surface area contributed by atoms with Crippen molar-refractivity contribution in [2.24, 2.45) is 0 Å². The average molecular weight is 312 g/mol. The minimum absolute atomic E-state index is 0.0541. The van der Waals surface area contributed by atoms with Crippen molar-refractivity contribution in [2.45, 2.75) is 45.2 Å². The molecule has 0 unspecified atom stereocenters. The molecule has 5 heteroatoms. The molecule has 0 saturated heterocycles. The molecule has 23 heavy (non-hydrogen) atoms. The van der Waals surface area contributed by atoms with Gasteiger partial charge in [-0.3, -0.25) is 0 Å². The number of hydrogen-bond donors (Lipinski definition) is 2. The Morgan fingerprint density at radius 1 is 1.26 bits per heavy atom. The van der Waals surface area contributed by atoms with Crippen LogP contribution in [0.5, 0.6) is 0 Å². The fourth-order valence-corrected chi connectivity index (χ4v) is 3.15. The normalized spacial score (nSPS) is 13.8. The second-order valence-corrected chi connectivity index (χ2v) is 6.15. The number of fused-ring (bicyclic) bond motifs is 1. The molecule has 1 heterocycles. The molecule has 0 radical (unpaired) electrons. The summed E-state index contributed by atoms with van der Waals surface area (Å²) in [5.41, 5.74) is 2.71. The number of hydrogen-bond acceptors (Lipinski definition) is 2. The van der Waals surface area contributed by atoms with E-state index in [0.29, 0.717) is 6.54 Å². The van der Waals surface area contributed by atoms with Gasteiger partial charge in [-0.25, -0.2) is 9.78 Å². The molecule has 0 spiro atoms. The van der Waals surface area contributed by atoms with Crippen molar-refractivity contribution in [3.05, 3.63) is 53.6 Å². The number of carbonyl (C=O) groups excluding carboxylic acids is 1. The molecule has 0 fully saturated rings. The van der Waals surface area contributed by atoms with E-state index in [9.17, 15) is 4.79 Å². The first-order valence-corrected chi connectivity index (χ1v) is 8.31. The number of aryl methyl sites for hydroxylation is 2. The lowest BCUT2D eigenvalue weighted by molar-refractivity contribution is 0.237. The Balaban J connectivity index is 1.31. The quantitative estimate of drug-likeness (QED) is 0.805. The van der Waals surface area contributed by atoms with E-state index in [1.165, 1.54) is 11.1 Å². The number of amides is 2. The SMILES string of the molecule is Cc1nccn1CCCCNC(=O)NC1Cc2ccccc2C1. The van der Waals surface area contributed by atoms with Crippen molar-refractivity contribution >= 4 is 6.03 Å². The summed E-state index contributed by atoms with van der Waals surface area (Å²) in [7, 11) is 0. The zero-order valence-electron chi connectivity index (χ0n) is 13.6. The summed E-state index contributed by atoms with van der Waals surface area (Å²) in [6, 6.07) is 8.58. The summed E-state index contributed by atoms with van der Waals surface area (Å²) < 4.78 is 2.13. The Hall–Kier alpha value is -2.30. The van der Waals surface area contributed by atoms with Crippen molar-refractivity contribution in [1.82, 2.24) is 20.2 Å². The third-order valence-electron chi connectivity index (χ3n) is 4.42. The summed E-state index contributed by atoms with van der Waals surface area (Å²) >= 11 is 0. The molecule has 2 aromatic rings. The second-order valence-electron chi connectivity index (χ2n) is 6.15. The fourth-order valence-electron chi connectivity index (χ4n) is 3.15. The number of carbonyl (C=O) groups is 1. The van der Waals surface area contributed by atoms with Gasteiger partial charge in [-0.1, -0.05) is 24.3 Å². The van der Waals surface area contributed by atoms with Crippen molar-refractivity contribution in [3.8, 4) is 0 Å². The van der Waals surface area contributed by atoms with Crippen LogP contribution in [-0.4, -0.2) is 28.2 Å². The smallest absolute Gasteiger partial charge is 0.315 e. The highest BCUT2D eigenvalue weighted by atomic mass is 16.2. The summed E-state index contributed by atoms with van der Waals surface area (Å²) in [6.07, 6.45) is 7.68. The molecule has 2 amide bonds. The molecule has 1 aromatic carbocycles. The number of unbranched alkanes of at least 4 members (excludes halogenated alkanes) is 1. The highest BCUT2D eigenvalue weighted by Crippen LogP contribution is 2.21. The lowest BCUT2D eigenvalue weighted by atomic mass is 10.1. The van der Waals surface area contributed by atoms with Crippen LogP contribution < -0.4 is 10.6 Å². The van der Waals surface area contributed by atoms with Crippen LogP contribution in [0.25, 0.3) is 0 Å². The van der Waals surface area contributed by atoms with E-state index in [0.717, 1.165) is 38.1 Å². The first-order valence-electron chi connectivity index (χ1n) is 8.31. The largest absolute Gasteiger partial charge is 0.338 e. The molecule has 122 valence electrons. The highest BCUT2D eigenvalue weighted by molar-refractivity contribution is 5.74. The van der Waals surface area contributed by atoms with Crippen molar-refractivity contribution in [2.75, 3.05) is 6.54 Å². The van der Waals surface area contributed by atoms with Crippen LogP contribution in [0.15, 0.2) is 36.7 Å². The number of urea groups is 1. The Labute approximate surface area is 137 Å². The van der Waals surface area contributed by atoms with Gasteiger partial charge < -0.3 is 15.2 Å². The van der Waals surface area contributed by atoms with Gasteiger partial charge in [0.15, 0.2) is 0 Å². The van der Waals surface area contributed by atoms with E-state index in [4.69, 9.17) is 0 Å². The van der Waals surface area contributed by atoms with Gasteiger partial charge in [0, 0.05) is 31.5 Å². The van der Waals surface area contributed by atoms with E-state index < -0.39 is 0 Å². The van der Waals surface area contributed by atoms with Gasteiger partial charge in [-0.05, 0) is 43.7 Å². The van der Waals surface area contributed by atoms with Crippen LogP contribution in [0.2, 0.25) is 0 Å². The molecule has 1 aliphatic carbocycles. The van der Waals surface area contributed by atoms with Crippen molar-refractivity contribution < 1.29 is 4.79 Å². The van der Waals surface area contributed by atoms with Crippen LogP contribution in [0.1, 0.15) is 29.8 Å². The van der Waals surface area contributed by atoms with E-state index in [-0.39, 0.29) is 12.1 Å². The number of imidazole rings is 1. The molecule has 2 N–H and O–H groups in total. The van der Waals surface area contributed by atoms with Crippen LogP contribution >= 0.6 is 0 Å². The second kappa shape index (κ2) is 7.31. The topological polar surface area (TPSA) is 59.0 Å². The minimum atomic E-state index is -0.0541. The molecule has 0 aliphatic heterocycles. The molecule has 0 atom stereocenters. The first kappa shape index (κ1) is 15.6. The molecule has 1 aromatic heterocycles. The van der Waals surface area contributed by atoms with Crippen LogP contribution in [0.3, 0.4) is 0 Å². The van der Waals surface area contributed by atoms with E-state index >= 15 is 0 Å². The zero-order valence-corrected chi connectivity index (χ0v) is 13.6. The predicted octanol–water partition coefficient (Wildman–Crippen LogP) is 2.44. The van der Waals surface area contributed by atoms with Gasteiger partial charge in [0.25, 0.3) is 0 Å². The maximum atomic E-state index is 12.0. The maximum Gasteiger partial charge on any atom is 0.315 e. The van der Waals surface area contributed by atoms with Crippen LogP contribution in [0.4, 0.5) is 4.79 Å². The van der Waals surface area contributed by atoms with Crippen LogP contribution in [-0.2, 0) is 19.4 Å². The summed E-state index contributed by atoms with van der Waals surface area (Å²) in [5, 5.41) is 6.03. The van der Waals surface area contributed by atoms with Gasteiger partial charge in [-0.2, -0.15) is 0 Å². The third-order valence-corrected chi connectivity index (χ3v) is 4.42. The molecule has 0 bridgehead atoms. The third kappa shape index (κ3) is 4.12. The zero-order chi connectivity index (χ0) is 16.1. The monoisotopic (exact) mass is 312 g/mol. The van der Waals surface area contributed by atoms with Gasteiger partial charge >= 0.3 is 6.03 Å². The number of aromatic nitrogens is 2. The van der Waals surface area contributed by atoms with Gasteiger partial charge in [0.05, 0.1) is 0 Å². The van der Waals surface area contributed by atoms with Gasteiger partial charge in [0.2, 0.25) is 0 Å². The number of benzene rings is 1. The molecule has 0 saturated carbocycles.